The molecule has 0 saturated heterocycles. The van der Waals surface area contributed by atoms with Crippen LogP contribution in [0, 0.1) is 16.7 Å². The maximum atomic E-state index is 12.2. The molecule has 0 radical (unpaired) electrons. The van der Waals surface area contributed by atoms with Crippen LogP contribution in [0.2, 0.25) is 0 Å². The van der Waals surface area contributed by atoms with Gasteiger partial charge in [-0.1, -0.05) is 58.1 Å². The van der Waals surface area contributed by atoms with Crippen LogP contribution in [-0.4, -0.2) is 46.0 Å². The zero-order chi connectivity index (χ0) is 24.6. The van der Waals surface area contributed by atoms with Crippen LogP contribution in [-0.2, 0) is 9.63 Å². The van der Waals surface area contributed by atoms with Crippen molar-refractivity contribution in [2.75, 3.05) is 6.54 Å². The maximum Gasteiger partial charge on any atom is 0.243 e. The standard InChI is InChI=1S/C28H43NO4/c1-18-22(15-23(31)16-26(18)32)11-10-21-9-8-14-28(7)24(12-13-25(21)28)19(2)33-29(20(3)30)17-27(4,5)6/h10-12,19,23,25-26,31-32H,1,8-9,13-17H2,2-7H3/t19-,23+,25?,26-,28+/m0/s1. The molecule has 0 spiro atoms. The Morgan fingerprint density at radius 2 is 2.06 bits per heavy atom. The Balaban J connectivity index is 1.77. The van der Waals surface area contributed by atoms with Crippen molar-refractivity contribution >= 4 is 5.91 Å². The Bertz CT molecular complexity index is 862. The third kappa shape index (κ3) is 5.87. The molecule has 184 valence electrons. The minimum atomic E-state index is -0.662. The first-order valence-corrected chi connectivity index (χ1v) is 12.4. The number of rotatable bonds is 5. The number of hydrogen-bond acceptors (Lipinski definition) is 4. The van der Waals surface area contributed by atoms with E-state index in [1.54, 1.807) is 6.92 Å². The maximum absolute atomic E-state index is 12.2. The van der Waals surface area contributed by atoms with Gasteiger partial charge in [-0.25, -0.2) is 5.06 Å². The van der Waals surface area contributed by atoms with Crippen molar-refractivity contribution in [3.63, 3.8) is 0 Å². The first kappa shape index (κ1) is 25.9. The van der Waals surface area contributed by atoms with Crippen molar-refractivity contribution in [1.82, 2.24) is 5.06 Å². The van der Waals surface area contributed by atoms with E-state index in [1.807, 2.05) is 0 Å². The van der Waals surface area contributed by atoms with Gasteiger partial charge in [-0.3, -0.25) is 9.63 Å². The van der Waals surface area contributed by atoms with Crippen LogP contribution in [0.15, 0.2) is 47.1 Å². The summed E-state index contributed by atoms with van der Waals surface area (Å²) in [7, 11) is 0. The van der Waals surface area contributed by atoms with Gasteiger partial charge in [-0.15, -0.1) is 0 Å². The van der Waals surface area contributed by atoms with Crippen molar-refractivity contribution in [1.29, 1.82) is 0 Å². The zero-order valence-electron chi connectivity index (χ0n) is 21.4. The summed E-state index contributed by atoms with van der Waals surface area (Å²) in [6, 6.07) is 0. The Morgan fingerprint density at radius 3 is 2.70 bits per heavy atom. The topological polar surface area (TPSA) is 70.0 Å². The van der Waals surface area contributed by atoms with Crippen LogP contribution in [0.4, 0.5) is 0 Å². The van der Waals surface area contributed by atoms with Gasteiger partial charge in [0, 0.05) is 13.3 Å². The molecule has 0 aromatic carbocycles. The molecule has 0 bridgehead atoms. The van der Waals surface area contributed by atoms with Crippen LogP contribution in [0.5, 0.6) is 0 Å². The third-order valence-corrected chi connectivity index (χ3v) is 7.57. The fraction of sp³-hybridized carbons (Fsp3) is 0.679. The van der Waals surface area contributed by atoms with Crippen molar-refractivity contribution < 1.29 is 19.8 Å². The Hall–Kier alpha value is -1.69. The minimum Gasteiger partial charge on any atom is -0.393 e. The molecule has 2 N–H and O–H groups in total. The summed E-state index contributed by atoms with van der Waals surface area (Å²) in [4.78, 5) is 18.4. The molecular weight excluding hydrogens is 414 g/mol. The molecule has 3 aliphatic rings. The first-order valence-electron chi connectivity index (χ1n) is 12.4. The predicted molar refractivity (Wildman–Crippen MR) is 132 cm³/mol. The normalized spacial score (nSPS) is 33.8. The van der Waals surface area contributed by atoms with Crippen LogP contribution < -0.4 is 0 Å². The second kappa shape index (κ2) is 9.89. The number of hydrogen-bond donors (Lipinski definition) is 2. The molecule has 33 heavy (non-hydrogen) atoms. The summed E-state index contributed by atoms with van der Waals surface area (Å²) in [5.41, 5.74) is 4.35. The van der Waals surface area contributed by atoms with Crippen molar-refractivity contribution in [3.05, 3.63) is 47.1 Å². The van der Waals surface area contributed by atoms with Gasteiger partial charge in [0.1, 0.15) is 6.10 Å². The third-order valence-electron chi connectivity index (χ3n) is 7.57. The van der Waals surface area contributed by atoms with Crippen molar-refractivity contribution in [2.45, 2.75) is 98.4 Å². The lowest BCUT2D eigenvalue weighted by Gasteiger charge is -2.43. The van der Waals surface area contributed by atoms with Crippen LogP contribution >= 0.6 is 0 Å². The van der Waals surface area contributed by atoms with E-state index in [0.29, 0.717) is 25.3 Å². The van der Waals surface area contributed by atoms with Gasteiger partial charge < -0.3 is 10.2 Å². The average Bonchev–Trinajstić information content (AvgIpc) is 3.05. The Morgan fingerprint density at radius 1 is 1.36 bits per heavy atom. The molecule has 5 heteroatoms. The van der Waals surface area contributed by atoms with E-state index in [1.165, 1.54) is 16.2 Å². The summed E-state index contributed by atoms with van der Waals surface area (Å²) in [5, 5.41) is 21.7. The number of aliphatic hydroxyl groups is 2. The number of fused-ring (bicyclic) bond motifs is 1. The molecule has 1 amide bonds. The highest BCUT2D eigenvalue weighted by molar-refractivity contribution is 5.72. The molecule has 2 saturated carbocycles. The summed E-state index contributed by atoms with van der Waals surface area (Å²) in [6.45, 7) is 16.9. The molecule has 1 unspecified atom stereocenters. The lowest BCUT2D eigenvalue weighted by atomic mass is 9.63. The average molecular weight is 458 g/mol. The number of amides is 1. The van der Waals surface area contributed by atoms with Gasteiger partial charge in [0.2, 0.25) is 5.91 Å². The number of aliphatic hydroxyl groups excluding tert-OH is 2. The quantitative estimate of drug-likeness (QED) is 0.436. The van der Waals surface area contributed by atoms with Crippen LogP contribution in [0.1, 0.15) is 80.1 Å². The molecule has 5 atom stereocenters. The second-order valence-corrected chi connectivity index (χ2v) is 11.7. The zero-order valence-corrected chi connectivity index (χ0v) is 21.4. The van der Waals surface area contributed by atoms with E-state index >= 15 is 0 Å². The van der Waals surface area contributed by atoms with Gasteiger partial charge in [-0.2, -0.15) is 0 Å². The molecule has 0 aromatic heterocycles. The minimum absolute atomic E-state index is 0.00873. The summed E-state index contributed by atoms with van der Waals surface area (Å²) >= 11 is 0. The Kier molecular flexibility index (Phi) is 7.77. The Labute approximate surface area is 199 Å². The molecule has 0 aromatic rings. The van der Waals surface area contributed by atoms with Crippen LogP contribution in [0.3, 0.4) is 0 Å². The number of allylic oxidation sites excluding steroid dienone is 4. The molecule has 2 fully saturated rings. The summed E-state index contributed by atoms with van der Waals surface area (Å²) in [5.74, 6) is 0.342. The van der Waals surface area contributed by atoms with Gasteiger partial charge >= 0.3 is 0 Å². The van der Waals surface area contributed by atoms with Crippen molar-refractivity contribution in [3.8, 4) is 0 Å². The largest absolute Gasteiger partial charge is 0.393 e. The lowest BCUT2D eigenvalue weighted by Crippen LogP contribution is -2.41. The summed E-state index contributed by atoms with van der Waals surface area (Å²) in [6.07, 6.45) is 10.4. The lowest BCUT2D eigenvalue weighted by molar-refractivity contribution is -0.204. The predicted octanol–water partition coefficient (Wildman–Crippen LogP) is 5.26. The SMILES string of the molecule is C=C1C(=CC=C2CCC[C@]3(C)C([C@H](C)ON(CC(C)(C)C)C(C)=O)=CCC23)C[C@@H](O)C[C@@H]1O. The smallest absolute Gasteiger partial charge is 0.243 e. The number of nitrogens with zero attached hydrogens (tertiary/aromatic N) is 1. The van der Waals surface area contributed by atoms with E-state index < -0.39 is 12.2 Å². The highest BCUT2D eigenvalue weighted by Crippen LogP contribution is 2.56. The van der Waals surface area contributed by atoms with Gasteiger partial charge in [0.25, 0.3) is 0 Å². The number of hydroxylamine groups is 2. The van der Waals surface area contributed by atoms with E-state index in [9.17, 15) is 15.0 Å². The molecule has 3 aliphatic carbocycles. The van der Waals surface area contributed by atoms with E-state index in [-0.39, 0.29) is 22.8 Å². The second-order valence-electron chi connectivity index (χ2n) is 11.7. The van der Waals surface area contributed by atoms with Gasteiger partial charge in [0.15, 0.2) is 0 Å². The van der Waals surface area contributed by atoms with Crippen LogP contribution in [0.25, 0.3) is 0 Å². The summed E-state index contributed by atoms with van der Waals surface area (Å²) < 4.78 is 0. The van der Waals surface area contributed by atoms with E-state index in [2.05, 4.69) is 59.4 Å². The molecule has 3 rings (SSSR count). The molecular formula is C28H43NO4. The first-order chi connectivity index (χ1) is 15.3. The van der Waals surface area contributed by atoms with E-state index in [0.717, 1.165) is 36.8 Å². The molecule has 0 heterocycles. The number of carbonyl (C=O) groups excluding carboxylic acids is 1. The highest BCUT2D eigenvalue weighted by atomic mass is 16.7. The highest BCUT2D eigenvalue weighted by Gasteiger charge is 2.47. The molecule has 0 aliphatic heterocycles. The van der Waals surface area contributed by atoms with Gasteiger partial charge in [-0.05, 0) is 72.5 Å². The van der Waals surface area contributed by atoms with Gasteiger partial charge in [0.05, 0.1) is 18.8 Å². The number of carbonyl (C=O) groups is 1. The van der Waals surface area contributed by atoms with E-state index in [4.69, 9.17) is 4.84 Å². The molecule has 5 nitrogen and oxygen atoms in total. The fourth-order valence-electron chi connectivity index (χ4n) is 5.85. The van der Waals surface area contributed by atoms with Crippen molar-refractivity contribution in [2.24, 2.45) is 16.7 Å². The fourth-order valence-corrected chi connectivity index (χ4v) is 5.85. The monoisotopic (exact) mass is 457 g/mol.